The average molecular weight is 320 g/mol. The molecule has 0 spiro atoms. The number of nitrogens with one attached hydrogen (secondary N) is 1. The summed E-state index contributed by atoms with van der Waals surface area (Å²) in [5.74, 6) is 1.71. The van der Waals surface area contributed by atoms with E-state index in [0.717, 1.165) is 5.76 Å². The summed E-state index contributed by atoms with van der Waals surface area (Å²) in [6.45, 7) is 2.13. The fraction of sp³-hybridized carbons (Fsp3) is 0.267. The van der Waals surface area contributed by atoms with Gasteiger partial charge < -0.3 is 9.15 Å². The number of ether oxygens (including phenoxy) is 1. The van der Waals surface area contributed by atoms with Gasteiger partial charge >= 0.3 is 0 Å². The second kappa shape index (κ2) is 5.58. The number of hydrogen-bond acceptors (Lipinski definition) is 5. The van der Waals surface area contributed by atoms with Crippen LogP contribution >= 0.6 is 0 Å². The number of nitrogens with zero attached hydrogens (tertiary/aromatic N) is 1. The van der Waals surface area contributed by atoms with Crippen molar-refractivity contribution in [2.45, 2.75) is 17.9 Å². The lowest BCUT2D eigenvalue weighted by Crippen LogP contribution is -2.23. The van der Waals surface area contributed by atoms with Crippen molar-refractivity contribution in [3.05, 3.63) is 53.5 Å². The van der Waals surface area contributed by atoms with Crippen LogP contribution in [-0.2, 0) is 14.8 Å². The van der Waals surface area contributed by atoms with Gasteiger partial charge in [0.2, 0.25) is 0 Å². The van der Waals surface area contributed by atoms with Crippen molar-refractivity contribution in [3.63, 3.8) is 0 Å². The molecular formula is C15H16N2O4S. The van der Waals surface area contributed by atoms with Crippen LogP contribution in [0.5, 0.6) is 0 Å². The highest BCUT2D eigenvalue weighted by Crippen LogP contribution is 2.26. The third kappa shape index (κ3) is 2.65. The maximum absolute atomic E-state index is 12.1. The molecule has 1 aromatic heterocycles. The molecule has 1 aromatic carbocycles. The van der Waals surface area contributed by atoms with E-state index in [-0.39, 0.29) is 4.90 Å². The van der Waals surface area contributed by atoms with E-state index in [9.17, 15) is 8.42 Å². The first-order chi connectivity index (χ1) is 10.5. The summed E-state index contributed by atoms with van der Waals surface area (Å²) in [4.78, 5) is 4.73. The van der Waals surface area contributed by atoms with Crippen LogP contribution in [0.3, 0.4) is 0 Å². The summed E-state index contributed by atoms with van der Waals surface area (Å²) in [7, 11) is -1.98. The fourth-order valence-corrected chi connectivity index (χ4v) is 3.60. The Hall–Kier alpha value is -2.12. The van der Waals surface area contributed by atoms with Crippen LogP contribution < -0.4 is 4.72 Å². The molecule has 2 aromatic rings. The van der Waals surface area contributed by atoms with E-state index in [1.807, 2.05) is 19.1 Å². The highest BCUT2D eigenvalue weighted by Gasteiger charge is 2.31. The average Bonchev–Trinajstić information content (AvgIpc) is 3.02. The van der Waals surface area contributed by atoms with Crippen LogP contribution in [0.2, 0.25) is 0 Å². The molecule has 0 amide bonds. The van der Waals surface area contributed by atoms with Crippen LogP contribution in [0, 0.1) is 6.92 Å². The lowest BCUT2D eigenvalue weighted by atomic mass is 10.2. The van der Waals surface area contributed by atoms with E-state index in [4.69, 9.17) is 9.15 Å². The molecule has 7 heteroatoms. The number of rotatable bonds is 4. The second-order valence-electron chi connectivity index (χ2n) is 5.00. The van der Waals surface area contributed by atoms with E-state index < -0.39 is 16.1 Å². The largest absolute Gasteiger partial charge is 0.464 e. The number of aliphatic imine (C=N–C) groups is 1. The number of aryl methyl sites for hydroxylation is 1. The summed E-state index contributed by atoms with van der Waals surface area (Å²) in [6.07, 6.45) is 0. The summed E-state index contributed by atoms with van der Waals surface area (Å²) in [6, 6.07) is 9.99. The summed E-state index contributed by atoms with van der Waals surface area (Å²) >= 11 is 0. The molecule has 3 rings (SSSR count). The molecular weight excluding hydrogens is 304 g/mol. The Morgan fingerprint density at radius 2 is 2.05 bits per heavy atom. The maximum atomic E-state index is 12.1. The number of fused-ring (bicyclic) bond motifs is 1. The number of furan rings is 1. The molecule has 6 nitrogen and oxygen atoms in total. The van der Waals surface area contributed by atoms with Crippen LogP contribution in [-0.4, -0.2) is 28.0 Å². The smallest absolute Gasteiger partial charge is 0.263 e. The van der Waals surface area contributed by atoms with E-state index in [1.54, 1.807) is 31.4 Å². The van der Waals surface area contributed by atoms with Gasteiger partial charge in [0.15, 0.2) is 0 Å². The van der Waals surface area contributed by atoms with Gasteiger partial charge in [0, 0.05) is 12.7 Å². The van der Waals surface area contributed by atoms with Gasteiger partial charge in [-0.3, -0.25) is 9.71 Å². The van der Waals surface area contributed by atoms with Gasteiger partial charge in [-0.05, 0) is 31.2 Å². The minimum absolute atomic E-state index is 0.237. The van der Waals surface area contributed by atoms with Crippen molar-refractivity contribution in [2.24, 2.45) is 4.99 Å². The normalized spacial score (nSPS) is 18.9. The predicted molar refractivity (Wildman–Crippen MR) is 81.4 cm³/mol. The molecule has 0 saturated heterocycles. The Morgan fingerprint density at radius 1 is 1.27 bits per heavy atom. The Kier molecular flexibility index (Phi) is 3.76. The van der Waals surface area contributed by atoms with Crippen molar-refractivity contribution >= 4 is 15.9 Å². The van der Waals surface area contributed by atoms with Gasteiger partial charge in [-0.15, -0.1) is 0 Å². The predicted octanol–water partition coefficient (Wildman–Crippen LogP) is 2.01. The summed E-state index contributed by atoms with van der Waals surface area (Å²) < 4.78 is 37.4. The molecule has 0 bridgehead atoms. The summed E-state index contributed by atoms with van der Waals surface area (Å²) in [5.41, 5.74) is 0.562. The quantitative estimate of drug-likeness (QED) is 0.934. The topological polar surface area (TPSA) is 80.9 Å². The first-order valence-corrected chi connectivity index (χ1v) is 8.25. The van der Waals surface area contributed by atoms with Crippen molar-refractivity contribution in [1.29, 1.82) is 0 Å². The first-order valence-electron chi connectivity index (χ1n) is 6.76. The number of hydrogen-bond donors (Lipinski definition) is 1. The fourth-order valence-electron chi connectivity index (χ4n) is 2.36. The van der Waals surface area contributed by atoms with Crippen LogP contribution in [0.4, 0.5) is 0 Å². The lowest BCUT2D eigenvalue weighted by Gasteiger charge is -2.10. The summed E-state index contributed by atoms with van der Waals surface area (Å²) in [5, 5.41) is 0. The molecule has 1 aliphatic rings. The standard InChI is InChI=1S/C15H16N2O4S/c1-10-7-8-13(21-10)12(9-20-2)16-15-11-5-3-4-6-14(11)22(18,19)17-15/h3-8,12H,9H2,1-2H3,(H,16,17)/t12-/m1/s1. The van der Waals surface area contributed by atoms with Crippen molar-refractivity contribution in [3.8, 4) is 0 Å². The zero-order chi connectivity index (χ0) is 15.7. The second-order valence-corrected chi connectivity index (χ2v) is 6.65. The van der Waals surface area contributed by atoms with Crippen LogP contribution in [0.25, 0.3) is 0 Å². The van der Waals surface area contributed by atoms with E-state index in [1.165, 1.54) is 0 Å². The maximum Gasteiger partial charge on any atom is 0.263 e. The molecule has 1 N–H and O–H groups in total. The minimum Gasteiger partial charge on any atom is -0.464 e. The Bertz CT molecular complexity index is 824. The minimum atomic E-state index is -3.54. The van der Waals surface area contributed by atoms with E-state index in [0.29, 0.717) is 23.8 Å². The van der Waals surface area contributed by atoms with Gasteiger partial charge in [-0.2, -0.15) is 0 Å². The molecule has 1 atom stereocenters. The van der Waals surface area contributed by atoms with Gasteiger partial charge in [-0.25, -0.2) is 8.42 Å². The molecule has 2 heterocycles. The number of sulfonamides is 1. The molecule has 0 fully saturated rings. The number of amidine groups is 1. The van der Waals surface area contributed by atoms with Crippen LogP contribution in [0.15, 0.2) is 50.7 Å². The van der Waals surface area contributed by atoms with E-state index >= 15 is 0 Å². The highest BCUT2D eigenvalue weighted by molar-refractivity contribution is 7.90. The third-order valence-electron chi connectivity index (χ3n) is 3.36. The monoisotopic (exact) mass is 320 g/mol. The molecule has 0 saturated carbocycles. The van der Waals surface area contributed by atoms with Gasteiger partial charge in [0.1, 0.15) is 23.4 Å². The zero-order valence-corrected chi connectivity index (χ0v) is 13.1. The lowest BCUT2D eigenvalue weighted by molar-refractivity contribution is 0.173. The highest BCUT2D eigenvalue weighted by atomic mass is 32.2. The third-order valence-corrected chi connectivity index (χ3v) is 4.76. The van der Waals surface area contributed by atoms with Gasteiger partial charge in [0.25, 0.3) is 10.0 Å². The number of methoxy groups -OCH3 is 1. The van der Waals surface area contributed by atoms with Gasteiger partial charge in [-0.1, -0.05) is 12.1 Å². The molecule has 22 heavy (non-hydrogen) atoms. The Balaban J connectivity index is 2.03. The van der Waals surface area contributed by atoms with E-state index in [2.05, 4.69) is 9.71 Å². The molecule has 0 aliphatic carbocycles. The van der Waals surface area contributed by atoms with Gasteiger partial charge in [0.05, 0.1) is 11.5 Å². The van der Waals surface area contributed by atoms with Crippen molar-refractivity contribution in [1.82, 2.24) is 4.72 Å². The molecule has 116 valence electrons. The van der Waals surface area contributed by atoms with Crippen LogP contribution in [0.1, 0.15) is 23.1 Å². The first kappa shape index (κ1) is 14.8. The molecule has 1 aliphatic heterocycles. The number of benzene rings is 1. The van der Waals surface area contributed by atoms with Crippen molar-refractivity contribution < 1.29 is 17.6 Å². The Morgan fingerprint density at radius 3 is 2.73 bits per heavy atom. The zero-order valence-electron chi connectivity index (χ0n) is 12.2. The Labute approximate surface area is 128 Å². The SMILES string of the molecule is COC[C@@H](N=C1NS(=O)(=O)c2ccccc21)c1ccc(C)o1. The molecule has 0 unspecified atom stereocenters. The molecule has 0 radical (unpaired) electrons. The van der Waals surface area contributed by atoms with Crippen molar-refractivity contribution in [2.75, 3.05) is 13.7 Å².